The lowest BCUT2D eigenvalue weighted by Gasteiger charge is -2.08. The first-order chi connectivity index (χ1) is 11.0. The number of rotatable bonds is 5. The molecule has 0 fully saturated rings. The van der Waals surface area contributed by atoms with Gasteiger partial charge in [0, 0.05) is 12.1 Å². The van der Waals surface area contributed by atoms with Gasteiger partial charge >= 0.3 is 0 Å². The third-order valence-electron chi connectivity index (χ3n) is 3.29. The summed E-state index contributed by atoms with van der Waals surface area (Å²) in [6, 6.07) is 12.2. The second-order valence-electron chi connectivity index (χ2n) is 4.76. The molecule has 0 atom stereocenters. The molecule has 118 valence electrons. The van der Waals surface area contributed by atoms with E-state index in [-0.39, 0.29) is 17.3 Å². The lowest BCUT2D eigenvalue weighted by Crippen LogP contribution is -2.26. The molecular weight excluding hydrogens is 320 g/mol. The fourth-order valence-electron chi connectivity index (χ4n) is 2.12. The molecule has 0 aliphatic heterocycles. The summed E-state index contributed by atoms with van der Waals surface area (Å²) in [6.07, 6.45) is 1.43. The van der Waals surface area contributed by atoms with Crippen LogP contribution in [0.3, 0.4) is 0 Å². The minimum atomic E-state index is -3.66. The SMILES string of the molecule is O=[N+]([O-])c1ccc2ncn(CNS(=O)(=O)c3ccccc3)c2c1. The highest BCUT2D eigenvalue weighted by Crippen LogP contribution is 2.20. The van der Waals surface area contributed by atoms with E-state index in [4.69, 9.17) is 0 Å². The van der Waals surface area contributed by atoms with Crippen LogP contribution in [-0.2, 0) is 16.7 Å². The summed E-state index contributed by atoms with van der Waals surface area (Å²) in [5.74, 6) is 0. The molecule has 0 unspecified atom stereocenters. The van der Waals surface area contributed by atoms with E-state index < -0.39 is 14.9 Å². The van der Waals surface area contributed by atoms with Gasteiger partial charge in [0.05, 0.1) is 33.8 Å². The van der Waals surface area contributed by atoms with Crippen molar-refractivity contribution in [2.75, 3.05) is 0 Å². The molecule has 3 aromatic rings. The van der Waals surface area contributed by atoms with Gasteiger partial charge in [-0.05, 0) is 18.2 Å². The number of nitro benzene ring substituents is 1. The molecule has 0 saturated heterocycles. The summed E-state index contributed by atoms with van der Waals surface area (Å²) in [7, 11) is -3.66. The molecule has 1 aromatic heterocycles. The number of nitrogens with one attached hydrogen (secondary N) is 1. The average molecular weight is 332 g/mol. The van der Waals surface area contributed by atoms with Crippen LogP contribution in [0.15, 0.2) is 59.8 Å². The molecule has 0 spiro atoms. The van der Waals surface area contributed by atoms with Crippen LogP contribution >= 0.6 is 0 Å². The van der Waals surface area contributed by atoms with E-state index in [0.717, 1.165) is 0 Å². The Bertz CT molecular complexity index is 967. The highest BCUT2D eigenvalue weighted by molar-refractivity contribution is 7.89. The Morgan fingerprint density at radius 3 is 2.61 bits per heavy atom. The zero-order valence-corrected chi connectivity index (χ0v) is 12.6. The lowest BCUT2D eigenvalue weighted by molar-refractivity contribution is -0.384. The number of nitro groups is 1. The van der Waals surface area contributed by atoms with Gasteiger partial charge in [0.15, 0.2) is 0 Å². The summed E-state index contributed by atoms with van der Waals surface area (Å²) < 4.78 is 28.3. The van der Waals surface area contributed by atoms with Crippen molar-refractivity contribution in [3.63, 3.8) is 0 Å². The molecule has 0 amide bonds. The van der Waals surface area contributed by atoms with Gasteiger partial charge < -0.3 is 4.57 Å². The maximum absolute atomic E-state index is 12.2. The minimum Gasteiger partial charge on any atom is -0.316 e. The zero-order chi connectivity index (χ0) is 16.4. The third kappa shape index (κ3) is 3.05. The first-order valence-corrected chi connectivity index (χ1v) is 8.10. The molecule has 23 heavy (non-hydrogen) atoms. The smallest absolute Gasteiger partial charge is 0.271 e. The van der Waals surface area contributed by atoms with Crippen LogP contribution in [0.1, 0.15) is 0 Å². The molecule has 1 heterocycles. The van der Waals surface area contributed by atoms with Crippen LogP contribution in [0.5, 0.6) is 0 Å². The number of hydrogen-bond acceptors (Lipinski definition) is 5. The maximum atomic E-state index is 12.2. The van der Waals surface area contributed by atoms with E-state index in [1.807, 2.05) is 0 Å². The van der Waals surface area contributed by atoms with Crippen molar-refractivity contribution < 1.29 is 13.3 Å². The molecule has 0 aliphatic rings. The van der Waals surface area contributed by atoms with Gasteiger partial charge in [-0.15, -0.1) is 0 Å². The number of hydrogen-bond donors (Lipinski definition) is 1. The van der Waals surface area contributed by atoms with Crippen LogP contribution in [0.4, 0.5) is 5.69 Å². The number of sulfonamides is 1. The van der Waals surface area contributed by atoms with Crippen molar-refractivity contribution in [2.24, 2.45) is 0 Å². The van der Waals surface area contributed by atoms with Crippen LogP contribution in [-0.4, -0.2) is 22.9 Å². The highest BCUT2D eigenvalue weighted by atomic mass is 32.2. The van der Waals surface area contributed by atoms with Crippen molar-refractivity contribution in [3.05, 3.63) is 65.0 Å². The first kappa shape index (κ1) is 15.1. The molecule has 0 bridgehead atoms. The predicted octanol–water partition coefficient (Wildman–Crippen LogP) is 1.88. The number of imidazole rings is 1. The van der Waals surface area contributed by atoms with Gasteiger partial charge in [0.25, 0.3) is 5.69 Å². The number of fused-ring (bicyclic) bond motifs is 1. The number of nitrogens with zero attached hydrogens (tertiary/aromatic N) is 3. The fourth-order valence-corrected chi connectivity index (χ4v) is 3.11. The van der Waals surface area contributed by atoms with Crippen molar-refractivity contribution in [2.45, 2.75) is 11.6 Å². The Kier molecular flexibility index (Phi) is 3.80. The summed E-state index contributed by atoms with van der Waals surface area (Å²) in [5, 5.41) is 10.8. The van der Waals surface area contributed by atoms with Crippen LogP contribution in [0.2, 0.25) is 0 Å². The Morgan fingerprint density at radius 2 is 1.91 bits per heavy atom. The Morgan fingerprint density at radius 1 is 1.17 bits per heavy atom. The molecule has 8 nitrogen and oxygen atoms in total. The van der Waals surface area contributed by atoms with Crippen LogP contribution in [0.25, 0.3) is 11.0 Å². The second-order valence-corrected chi connectivity index (χ2v) is 6.53. The van der Waals surface area contributed by atoms with Crippen molar-refractivity contribution in [1.29, 1.82) is 0 Å². The molecule has 0 radical (unpaired) electrons. The molecule has 2 aromatic carbocycles. The number of non-ortho nitro benzene ring substituents is 1. The number of aromatic nitrogens is 2. The maximum Gasteiger partial charge on any atom is 0.271 e. The van der Waals surface area contributed by atoms with E-state index in [2.05, 4.69) is 9.71 Å². The van der Waals surface area contributed by atoms with E-state index >= 15 is 0 Å². The average Bonchev–Trinajstić information content (AvgIpc) is 2.96. The Hall–Kier alpha value is -2.78. The normalized spacial score (nSPS) is 11.7. The Labute approximate surface area is 131 Å². The van der Waals surface area contributed by atoms with Gasteiger partial charge in [-0.1, -0.05) is 18.2 Å². The lowest BCUT2D eigenvalue weighted by atomic mass is 10.3. The van der Waals surface area contributed by atoms with Gasteiger partial charge in [0.2, 0.25) is 10.0 Å². The van der Waals surface area contributed by atoms with Crippen LogP contribution < -0.4 is 4.72 Å². The second kappa shape index (κ2) is 5.78. The molecule has 0 saturated carbocycles. The van der Waals surface area contributed by atoms with E-state index in [1.165, 1.54) is 41.2 Å². The van der Waals surface area contributed by atoms with E-state index in [1.54, 1.807) is 18.2 Å². The molecule has 9 heteroatoms. The first-order valence-electron chi connectivity index (χ1n) is 6.61. The molecule has 3 rings (SSSR count). The molecule has 1 N–H and O–H groups in total. The number of benzene rings is 2. The fraction of sp³-hybridized carbons (Fsp3) is 0.0714. The van der Waals surface area contributed by atoms with Crippen LogP contribution in [0, 0.1) is 10.1 Å². The van der Waals surface area contributed by atoms with Gasteiger partial charge in [-0.25, -0.2) is 13.4 Å². The zero-order valence-electron chi connectivity index (χ0n) is 11.8. The van der Waals surface area contributed by atoms with Gasteiger partial charge in [-0.2, -0.15) is 4.72 Å². The van der Waals surface area contributed by atoms with Gasteiger partial charge in [0.1, 0.15) is 0 Å². The highest BCUT2D eigenvalue weighted by Gasteiger charge is 2.15. The standard InChI is InChI=1S/C14H12N4O4S/c19-18(20)11-6-7-13-14(8-11)17(9-15-13)10-16-23(21,22)12-4-2-1-3-5-12/h1-9,16H,10H2. The minimum absolute atomic E-state index is 0.0745. The summed E-state index contributed by atoms with van der Waals surface area (Å²) in [6.45, 7) is -0.0745. The predicted molar refractivity (Wildman–Crippen MR) is 83.2 cm³/mol. The molecular formula is C14H12N4O4S. The largest absolute Gasteiger partial charge is 0.316 e. The summed E-state index contributed by atoms with van der Waals surface area (Å²) >= 11 is 0. The third-order valence-corrected chi connectivity index (χ3v) is 4.70. The summed E-state index contributed by atoms with van der Waals surface area (Å²) in [5.41, 5.74) is 0.953. The van der Waals surface area contributed by atoms with E-state index in [9.17, 15) is 18.5 Å². The van der Waals surface area contributed by atoms with E-state index in [0.29, 0.717) is 11.0 Å². The van der Waals surface area contributed by atoms with Gasteiger partial charge in [-0.3, -0.25) is 10.1 Å². The van der Waals surface area contributed by atoms with Crippen molar-refractivity contribution in [1.82, 2.24) is 14.3 Å². The summed E-state index contributed by atoms with van der Waals surface area (Å²) in [4.78, 5) is 14.6. The Balaban J connectivity index is 1.87. The monoisotopic (exact) mass is 332 g/mol. The van der Waals surface area contributed by atoms with Crippen molar-refractivity contribution in [3.8, 4) is 0 Å². The quantitative estimate of drug-likeness (QED) is 0.567. The molecule has 0 aliphatic carbocycles. The van der Waals surface area contributed by atoms with Crippen molar-refractivity contribution >= 4 is 26.7 Å². The topological polar surface area (TPSA) is 107 Å².